The second kappa shape index (κ2) is 7.37. The van der Waals surface area contributed by atoms with Gasteiger partial charge in [-0.2, -0.15) is 9.78 Å². The molecule has 1 aromatic heterocycles. The Morgan fingerprint density at radius 3 is 2.67 bits per heavy atom. The SMILES string of the molecule is Fc1ccc(-n2nnnc2CC=NNc2ccc(Cl)c(Cl)c2)cc1. The number of nitrogens with one attached hydrogen (secondary N) is 1. The highest BCUT2D eigenvalue weighted by atomic mass is 35.5. The Labute approximate surface area is 146 Å². The Morgan fingerprint density at radius 2 is 1.92 bits per heavy atom. The number of aromatic nitrogens is 4. The van der Waals surface area contributed by atoms with Gasteiger partial charge in [-0.3, -0.25) is 5.43 Å². The van der Waals surface area contributed by atoms with Crippen molar-refractivity contribution >= 4 is 35.1 Å². The molecule has 0 radical (unpaired) electrons. The molecule has 1 heterocycles. The number of rotatable bonds is 5. The second-order valence-electron chi connectivity index (χ2n) is 4.74. The molecule has 0 bridgehead atoms. The van der Waals surface area contributed by atoms with Crippen LogP contribution in [0.1, 0.15) is 5.82 Å². The molecule has 0 atom stereocenters. The third kappa shape index (κ3) is 3.87. The highest BCUT2D eigenvalue weighted by molar-refractivity contribution is 6.42. The number of nitrogens with zero attached hydrogens (tertiary/aromatic N) is 5. The van der Waals surface area contributed by atoms with E-state index < -0.39 is 0 Å². The van der Waals surface area contributed by atoms with Crippen molar-refractivity contribution in [2.75, 3.05) is 5.43 Å². The van der Waals surface area contributed by atoms with E-state index in [0.717, 1.165) is 0 Å². The summed E-state index contributed by atoms with van der Waals surface area (Å²) < 4.78 is 14.5. The number of benzene rings is 2. The van der Waals surface area contributed by atoms with Crippen LogP contribution in [0, 0.1) is 5.82 Å². The minimum Gasteiger partial charge on any atom is -0.279 e. The van der Waals surface area contributed by atoms with Gasteiger partial charge >= 0.3 is 0 Å². The van der Waals surface area contributed by atoms with Crippen molar-refractivity contribution in [1.29, 1.82) is 0 Å². The topological polar surface area (TPSA) is 68.0 Å². The van der Waals surface area contributed by atoms with Crippen LogP contribution in [-0.4, -0.2) is 26.4 Å². The van der Waals surface area contributed by atoms with E-state index in [4.69, 9.17) is 23.2 Å². The van der Waals surface area contributed by atoms with Crippen LogP contribution in [0.3, 0.4) is 0 Å². The summed E-state index contributed by atoms with van der Waals surface area (Å²) in [5.74, 6) is 0.252. The monoisotopic (exact) mass is 364 g/mol. The van der Waals surface area contributed by atoms with Crippen molar-refractivity contribution in [2.24, 2.45) is 5.10 Å². The molecule has 0 saturated heterocycles. The molecule has 0 aliphatic rings. The molecule has 9 heteroatoms. The van der Waals surface area contributed by atoms with Crippen molar-refractivity contribution in [2.45, 2.75) is 6.42 Å². The summed E-state index contributed by atoms with van der Waals surface area (Å²) in [5.41, 5.74) is 4.22. The van der Waals surface area contributed by atoms with Crippen molar-refractivity contribution in [3.05, 3.63) is 64.2 Å². The zero-order valence-electron chi connectivity index (χ0n) is 12.2. The van der Waals surface area contributed by atoms with Crippen molar-refractivity contribution in [3.63, 3.8) is 0 Å². The number of hydrogen-bond acceptors (Lipinski definition) is 5. The van der Waals surface area contributed by atoms with Crippen LogP contribution < -0.4 is 5.43 Å². The Morgan fingerprint density at radius 1 is 1.12 bits per heavy atom. The summed E-state index contributed by atoms with van der Waals surface area (Å²) in [6, 6.07) is 11.0. The van der Waals surface area contributed by atoms with E-state index in [1.807, 2.05) is 0 Å². The van der Waals surface area contributed by atoms with Gasteiger partial charge in [0.15, 0.2) is 5.82 Å². The molecule has 0 amide bonds. The molecule has 0 aliphatic carbocycles. The average molecular weight is 365 g/mol. The van der Waals surface area contributed by atoms with Crippen LogP contribution in [0.2, 0.25) is 10.0 Å². The fourth-order valence-corrected chi connectivity index (χ4v) is 2.23. The van der Waals surface area contributed by atoms with Crippen LogP contribution >= 0.6 is 23.2 Å². The molecule has 24 heavy (non-hydrogen) atoms. The number of tetrazole rings is 1. The zero-order valence-corrected chi connectivity index (χ0v) is 13.7. The lowest BCUT2D eigenvalue weighted by Gasteiger charge is -2.03. The van der Waals surface area contributed by atoms with Crippen LogP contribution in [0.25, 0.3) is 5.69 Å². The Balaban J connectivity index is 1.66. The highest BCUT2D eigenvalue weighted by Gasteiger charge is 2.07. The minimum atomic E-state index is -0.319. The molecular formula is C15H11Cl2FN6. The fourth-order valence-electron chi connectivity index (χ4n) is 1.93. The van der Waals surface area contributed by atoms with Gasteiger partial charge in [0.25, 0.3) is 0 Å². The third-order valence-electron chi connectivity index (χ3n) is 3.08. The Hall–Kier alpha value is -2.51. The lowest BCUT2D eigenvalue weighted by atomic mass is 10.3. The van der Waals surface area contributed by atoms with Crippen LogP contribution in [0.5, 0.6) is 0 Å². The predicted molar refractivity (Wildman–Crippen MR) is 91.4 cm³/mol. The molecule has 0 saturated carbocycles. The summed E-state index contributed by atoms with van der Waals surface area (Å²) >= 11 is 11.8. The van der Waals surface area contributed by atoms with Crippen molar-refractivity contribution in [1.82, 2.24) is 20.2 Å². The summed E-state index contributed by atoms with van der Waals surface area (Å²) in [4.78, 5) is 0. The van der Waals surface area contributed by atoms with Gasteiger partial charge in [-0.1, -0.05) is 23.2 Å². The van der Waals surface area contributed by atoms with E-state index in [1.165, 1.54) is 16.8 Å². The molecule has 3 aromatic rings. The van der Waals surface area contributed by atoms with E-state index in [0.29, 0.717) is 33.7 Å². The third-order valence-corrected chi connectivity index (χ3v) is 3.82. The van der Waals surface area contributed by atoms with Gasteiger partial charge in [0, 0.05) is 12.6 Å². The van der Waals surface area contributed by atoms with Crippen LogP contribution in [-0.2, 0) is 6.42 Å². The Kier molecular flexibility index (Phi) is 5.02. The molecule has 0 spiro atoms. The van der Waals surface area contributed by atoms with E-state index in [1.54, 1.807) is 36.5 Å². The second-order valence-corrected chi connectivity index (χ2v) is 5.55. The number of anilines is 1. The minimum absolute atomic E-state index is 0.319. The first-order chi connectivity index (χ1) is 11.6. The maximum Gasteiger partial charge on any atom is 0.162 e. The van der Waals surface area contributed by atoms with E-state index >= 15 is 0 Å². The summed E-state index contributed by atoms with van der Waals surface area (Å²) in [7, 11) is 0. The van der Waals surface area contributed by atoms with Crippen LogP contribution in [0.4, 0.5) is 10.1 Å². The molecule has 122 valence electrons. The predicted octanol–water partition coefficient (Wildman–Crippen LogP) is 3.75. The first-order valence-corrected chi connectivity index (χ1v) is 7.65. The number of hydrazone groups is 1. The Bertz CT molecular complexity index is 863. The average Bonchev–Trinajstić information content (AvgIpc) is 3.04. The smallest absolute Gasteiger partial charge is 0.162 e. The first kappa shape index (κ1) is 16.4. The molecule has 0 aliphatic heterocycles. The van der Waals surface area contributed by atoms with Gasteiger partial charge in [0.05, 0.1) is 21.4 Å². The van der Waals surface area contributed by atoms with Gasteiger partial charge in [-0.05, 0) is 52.9 Å². The van der Waals surface area contributed by atoms with Crippen molar-refractivity contribution in [3.8, 4) is 5.69 Å². The van der Waals surface area contributed by atoms with Gasteiger partial charge in [-0.15, -0.1) is 5.10 Å². The lowest BCUT2D eigenvalue weighted by Crippen LogP contribution is -2.04. The standard InChI is InChI=1S/C15H11Cl2FN6/c16-13-6-3-11(9-14(13)17)20-19-8-7-15-21-22-23-24(15)12-4-1-10(18)2-5-12/h1-6,8-9,20H,7H2. The van der Waals surface area contributed by atoms with Gasteiger partial charge in [-0.25, -0.2) is 4.39 Å². The molecule has 2 aromatic carbocycles. The highest BCUT2D eigenvalue weighted by Crippen LogP contribution is 2.24. The number of hydrogen-bond donors (Lipinski definition) is 1. The maximum absolute atomic E-state index is 13.0. The van der Waals surface area contributed by atoms with E-state index in [9.17, 15) is 4.39 Å². The number of halogens is 3. The molecule has 1 N–H and O–H groups in total. The first-order valence-electron chi connectivity index (χ1n) is 6.89. The van der Waals surface area contributed by atoms with E-state index in [-0.39, 0.29) is 5.82 Å². The lowest BCUT2D eigenvalue weighted by molar-refractivity contribution is 0.626. The summed E-state index contributed by atoms with van der Waals surface area (Å²) in [6.45, 7) is 0. The van der Waals surface area contributed by atoms with Crippen molar-refractivity contribution < 1.29 is 4.39 Å². The fraction of sp³-hybridized carbons (Fsp3) is 0.0667. The van der Waals surface area contributed by atoms with E-state index in [2.05, 4.69) is 26.1 Å². The van der Waals surface area contributed by atoms with Gasteiger partial charge < -0.3 is 0 Å². The van der Waals surface area contributed by atoms with Gasteiger partial charge in [0.1, 0.15) is 5.82 Å². The summed E-state index contributed by atoms with van der Waals surface area (Å²) in [5, 5.41) is 16.5. The quantitative estimate of drug-likeness (QED) is 0.552. The molecule has 3 rings (SSSR count). The largest absolute Gasteiger partial charge is 0.279 e. The maximum atomic E-state index is 13.0. The molecule has 6 nitrogen and oxygen atoms in total. The van der Waals surface area contributed by atoms with Crippen LogP contribution in [0.15, 0.2) is 47.6 Å². The molecule has 0 unspecified atom stereocenters. The summed E-state index contributed by atoms with van der Waals surface area (Å²) in [6.07, 6.45) is 2.01. The van der Waals surface area contributed by atoms with Gasteiger partial charge in [0.2, 0.25) is 0 Å². The molecule has 0 fully saturated rings. The molecular weight excluding hydrogens is 354 g/mol. The zero-order chi connectivity index (χ0) is 16.9. The normalized spacial score (nSPS) is 11.1.